The maximum atomic E-state index is 11.9. The summed E-state index contributed by atoms with van der Waals surface area (Å²) < 4.78 is 25.8. The number of aliphatic carboxylic acids is 1. The number of hydrogen-bond acceptors (Lipinski definition) is 4. The highest BCUT2D eigenvalue weighted by Gasteiger charge is 2.34. The van der Waals surface area contributed by atoms with E-state index in [1.807, 2.05) is 0 Å². The zero-order chi connectivity index (χ0) is 14.7. The molecule has 0 saturated carbocycles. The Morgan fingerprint density at radius 3 is 1.89 bits per heavy atom. The van der Waals surface area contributed by atoms with Gasteiger partial charge in [-0.2, -0.15) is 4.72 Å². The van der Waals surface area contributed by atoms with Crippen molar-refractivity contribution in [1.29, 1.82) is 0 Å². The number of sulfonamides is 1. The summed E-state index contributed by atoms with van der Waals surface area (Å²) in [4.78, 5) is 23.6. The van der Waals surface area contributed by atoms with Gasteiger partial charge in [0.2, 0.25) is 15.9 Å². The van der Waals surface area contributed by atoms with Gasteiger partial charge in [-0.3, -0.25) is 9.59 Å². The lowest BCUT2D eigenvalue weighted by atomic mass is 10.1. The highest BCUT2D eigenvalue weighted by molar-refractivity contribution is 7.90. The van der Waals surface area contributed by atoms with Crippen LogP contribution in [0.1, 0.15) is 20.8 Å². The minimum atomic E-state index is -4.02. The highest BCUT2D eigenvalue weighted by Crippen LogP contribution is 2.08. The molecule has 8 heteroatoms. The number of amides is 1. The second-order valence-electron chi connectivity index (χ2n) is 4.60. The van der Waals surface area contributed by atoms with Crippen molar-refractivity contribution in [2.45, 2.75) is 32.1 Å². The smallest absolute Gasteiger partial charge is 0.321 e. The van der Waals surface area contributed by atoms with Gasteiger partial charge in [-0.05, 0) is 12.8 Å². The molecule has 106 valence electrons. The molecule has 0 spiro atoms. The molecule has 0 bridgehead atoms. The Hall–Kier alpha value is -1.15. The molecule has 18 heavy (non-hydrogen) atoms. The molecule has 0 aromatic rings. The Morgan fingerprint density at radius 2 is 1.61 bits per heavy atom. The maximum Gasteiger partial charge on any atom is 0.321 e. The number of nitrogens with one attached hydrogen (secondary N) is 1. The fraction of sp³-hybridized carbons (Fsp3) is 0.800. The van der Waals surface area contributed by atoms with E-state index in [9.17, 15) is 18.0 Å². The number of carbonyl (C=O) groups is 2. The van der Waals surface area contributed by atoms with Crippen LogP contribution in [0.15, 0.2) is 0 Å². The Morgan fingerprint density at radius 1 is 1.17 bits per heavy atom. The van der Waals surface area contributed by atoms with Crippen molar-refractivity contribution in [3.63, 3.8) is 0 Å². The van der Waals surface area contributed by atoms with Crippen LogP contribution in [0, 0.1) is 5.92 Å². The molecule has 2 atom stereocenters. The maximum absolute atomic E-state index is 11.9. The van der Waals surface area contributed by atoms with Crippen molar-refractivity contribution >= 4 is 21.9 Å². The van der Waals surface area contributed by atoms with Crippen molar-refractivity contribution in [3.8, 4) is 0 Å². The Bertz CT molecular complexity index is 416. The molecule has 0 aromatic carbocycles. The molecule has 0 saturated heterocycles. The van der Waals surface area contributed by atoms with E-state index in [4.69, 9.17) is 5.11 Å². The minimum Gasteiger partial charge on any atom is -0.480 e. The largest absolute Gasteiger partial charge is 0.480 e. The van der Waals surface area contributed by atoms with Crippen LogP contribution in [0.5, 0.6) is 0 Å². The quantitative estimate of drug-likeness (QED) is 0.682. The topological polar surface area (TPSA) is 104 Å². The van der Waals surface area contributed by atoms with E-state index in [0.717, 1.165) is 4.90 Å². The second-order valence-corrected chi connectivity index (χ2v) is 6.63. The van der Waals surface area contributed by atoms with Crippen LogP contribution in [-0.4, -0.2) is 55.7 Å². The summed E-state index contributed by atoms with van der Waals surface area (Å²) in [6.45, 7) is 4.39. The van der Waals surface area contributed by atoms with E-state index in [-0.39, 0.29) is 0 Å². The first-order valence-corrected chi connectivity index (χ1v) is 7.00. The van der Waals surface area contributed by atoms with Gasteiger partial charge >= 0.3 is 5.97 Å². The van der Waals surface area contributed by atoms with Gasteiger partial charge in [0.05, 0.1) is 0 Å². The first-order chi connectivity index (χ1) is 8.00. The van der Waals surface area contributed by atoms with Gasteiger partial charge in [0.1, 0.15) is 6.04 Å². The second kappa shape index (κ2) is 6.14. The Kier molecular flexibility index (Phi) is 5.75. The van der Waals surface area contributed by atoms with E-state index in [0.29, 0.717) is 0 Å². The summed E-state index contributed by atoms with van der Waals surface area (Å²) >= 11 is 0. The number of rotatable bonds is 6. The number of nitrogens with zero attached hydrogens (tertiary/aromatic N) is 1. The SMILES string of the molecule is CC(C)[C@@H](NS(=O)(=O)C(C)C(=O)N(C)C)C(=O)O. The molecule has 0 radical (unpaired) electrons. The number of carboxylic acid groups (broad SMARTS) is 1. The highest BCUT2D eigenvalue weighted by atomic mass is 32.2. The first-order valence-electron chi connectivity index (χ1n) is 5.45. The lowest BCUT2D eigenvalue weighted by molar-refractivity contribution is -0.140. The number of carbonyl (C=O) groups excluding carboxylic acids is 1. The van der Waals surface area contributed by atoms with E-state index in [2.05, 4.69) is 4.72 Å². The average molecular weight is 280 g/mol. The van der Waals surface area contributed by atoms with Crippen molar-refractivity contribution in [3.05, 3.63) is 0 Å². The number of hydrogen-bond donors (Lipinski definition) is 2. The molecule has 0 aliphatic rings. The fourth-order valence-electron chi connectivity index (χ4n) is 1.25. The van der Waals surface area contributed by atoms with Crippen LogP contribution in [0.25, 0.3) is 0 Å². The van der Waals surface area contributed by atoms with Gasteiger partial charge in [-0.25, -0.2) is 8.42 Å². The third-order valence-electron chi connectivity index (χ3n) is 2.48. The van der Waals surface area contributed by atoms with Crippen LogP contribution in [0.3, 0.4) is 0 Å². The van der Waals surface area contributed by atoms with E-state index < -0.39 is 39.1 Å². The molecule has 1 unspecified atom stereocenters. The van der Waals surface area contributed by atoms with Crippen LogP contribution < -0.4 is 4.72 Å². The Labute approximate surface area is 107 Å². The minimum absolute atomic E-state index is 0.418. The van der Waals surface area contributed by atoms with Crippen LogP contribution >= 0.6 is 0 Å². The molecule has 0 aliphatic carbocycles. The van der Waals surface area contributed by atoms with Gasteiger partial charge in [-0.1, -0.05) is 13.8 Å². The van der Waals surface area contributed by atoms with Gasteiger partial charge in [-0.15, -0.1) is 0 Å². The predicted octanol–water partition coefficient (Wildman–Crippen LogP) is -0.508. The Balaban J connectivity index is 5.06. The van der Waals surface area contributed by atoms with Gasteiger partial charge < -0.3 is 10.0 Å². The van der Waals surface area contributed by atoms with E-state index in [1.54, 1.807) is 13.8 Å². The summed E-state index contributed by atoms with van der Waals surface area (Å²) in [5.74, 6) is -2.28. The van der Waals surface area contributed by atoms with Crippen molar-refractivity contribution < 1.29 is 23.1 Å². The van der Waals surface area contributed by atoms with Gasteiger partial charge in [0.15, 0.2) is 5.25 Å². The molecular formula is C10H20N2O5S. The molecule has 0 fully saturated rings. The predicted molar refractivity (Wildman–Crippen MR) is 66.5 cm³/mol. The molecule has 1 amide bonds. The molecular weight excluding hydrogens is 260 g/mol. The first kappa shape index (κ1) is 16.9. The third-order valence-corrected chi connectivity index (χ3v) is 4.19. The monoisotopic (exact) mass is 280 g/mol. The third kappa shape index (κ3) is 4.26. The summed E-state index contributed by atoms with van der Waals surface area (Å²) in [5, 5.41) is 7.59. The summed E-state index contributed by atoms with van der Waals surface area (Å²) in [6, 6.07) is -1.24. The molecule has 0 aliphatic heterocycles. The molecule has 0 rings (SSSR count). The molecule has 0 heterocycles. The van der Waals surface area contributed by atoms with Gasteiger partial charge in [0, 0.05) is 14.1 Å². The van der Waals surface area contributed by atoms with E-state index in [1.165, 1.54) is 21.0 Å². The zero-order valence-electron chi connectivity index (χ0n) is 11.2. The fourth-order valence-corrected chi connectivity index (χ4v) is 2.65. The van der Waals surface area contributed by atoms with Crippen LogP contribution in [-0.2, 0) is 19.6 Å². The standard InChI is InChI=1S/C10H20N2O5S/c1-6(2)8(10(14)15)11-18(16,17)7(3)9(13)12(4)5/h6-8,11H,1-5H3,(H,14,15)/t7?,8-/m1/s1. The van der Waals surface area contributed by atoms with Gasteiger partial charge in [0.25, 0.3) is 0 Å². The van der Waals surface area contributed by atoms with Crippen molar-refractivity contribution in [1.82, 2.24) is 9.62 Å². The lowest BCUT2D eigenvalue weighted by Crippen LogP contribution is -2.50. The molecule has 2 N–H and O–H groups in total. The molecule has 7 nitrogen and oxygen atoms in total. The van der Waals surface area contributed by atoms with Crippen LogP contribution in [0.4, 0.5) is 0 Å². The summed E-state index contributed by atoms with van der Waals surface area (Å²) in [7, 11) is -1.14. The van der Waals surface area contributed by atoms with E-state index >= 15 is 0 Å². The summed E-state index contributed by atoms with van der Waals surface area (Å²) in [5.41, 5.74) is 0. The summed E-state index contributed by atoms with van der Waals surface area (Å²) in [6.07, 6.45) is 0. The molecule has 0 aromatic heterocycles. The van der Waals surface area contributed by atoms with Crippen molar-refractivity contribution in [2.24, 2.45) is 5.92 Å². The zero-order valence-corrected chi connectivity index (χ0v) is 12.0. The number of carboxylic acids is 1. The normalized spacial score (nSPS) is 15.2. The van der Waals surface area contributed by atoms with Crippen molar-refractivity contribution in [2.75, 3.05) is 14.1 Å². The lowest BCUT2D eigenvalue weighted by Gasteiger charge is -2.22. The van der Waals surface area contributed by atoms with Crippen LogP contribution in [0.2, 0.25) is 0 Å². The average Bonchev–Trinajstić information content (AvgIpc) is 2.22.